The molecule has 0 spiro atoms. The van der Waals surface area contributed by atoms with E-state index in [9.17, 15) is 4.79 Å². The highest BCUT2D eigenvalue weighted by molar-refractivity contribution is 7.99. The Kier molecular flexibility index (Phi) is 6.94. The highest BCUT2D eigenvalue weighted by Gasteiger charge is 2.20. The highest BCUT2D eigenvalue weighted by Crippen LogP contribution is 2.33. The SMILES string of the molecule is COc1ccccc1-c1nnc(SCC(=O)Nc2ccc(Cl)cn2)n1-c1ccc(Cl)cc1. The molecule has 4 aromatic rings. The number of anilines is 1. The third-order valence-electron chi connectivity index (χ3n) is 4.39. The minimum absolute atomic E-state index is 0.113. The van der Waals surface area contributed by atoms with Gasteiger partial charge < -0.3 is 10.1 Å². The summed E-state index contributed by atoms with van der Waals surface area (Å²) in [4.78, 5) is 16.5. The minimum Gasteiger partial charge on any atom is -0.496 e. The molecular formula is C22H17Cl2N5O2S. The van der Waals surface area contributed by atoms with Gasteiger partial charge in [-0.05, 0) is 48.5 Å². The zero-order valence-electron chi connectivity index (χ0n) is 16.8. The van der Waals surface area contributed by atoms with Crippen LogP contribution in [0.3, 0.4) is 0 Å². The lowest BCUT2D eigenvalue weighted by Crippen LogP contribution is -2.15. The van der Waals surface area contributed by atoms with Crippen LogP contribution in [0.5, 0.6) is 5.75 Å². The Hall–Kier alpha value is -3.07. The van der Waals surface area contributed by atoms with Crippen molar-refractivity contribution in [2.45, 2.75) is 5.16 Å². The van der Waals surface area contributed by atoms with Gasteiger partial charge >= 0.3 is 0 Å². The first-order valence-electron chi connectivity index (χ1n) is 9.44. The zero-order valence-corrected chi connectivity index (χ0v) is 19.2. The van der Waals surface area contributed by atoms with Crippen LogP contribution in [-0.4, -0.2) is 38.5 Å². The third kappa shape index (κ3) is 5.04. The fraction of sp³-hybridized carbons (Fsp3) is 0.0909. The summed E-state index contributed by atoms with van der Waals surface area (Å²) >= 11 is 13.2. The molecule has 0 fully saturated rings. The molecule has 10 heteroatoms. The Morgan fingerprint density at radius 3 is 2.50 bits per heavy atom. The summed E-state index contributed by atoms with van der Waals surface area (Å²) in [7, 11) is 1.60. The predicted octanol–water partition coefficient (Wildman–Crippen LogP) is 5.38. The number of hydrogen-bond acceptors (Lipinski definition) is 6. The summed E-state index contributed by atoms with van der Waals surface area (Å²) in [6, 6.07) is 18.2. The maximum Gasteiger partial charge on any atom is 0.236 e. The molecule has 162 valence electrons. The molecule has 32 heavy (non-hydrogen) atoms. The monoisotopic (exact) mass is 485 g/mol. The molecule has 0 saturated heterocycles. The van der Waals surface area contributed by atoms with Gasteiger partial charge in [0, 0.05) is 16.9 Å². The van der Waals surface area contributed by atoms with E-state index in [1.54, 1.807) is 31.4 Å². The van der Waals surface area contributed by atoms with Crippen molar-refractivity contribution < 1.29 is 9.53 Å². The molecule has 1 amide bonds. The number of ether oxygens (including phenoxy) is 1. The molecule has 2 heterocycles. The number of halogens is 2. The maximum atomic E-state index is 12.4. The first-order chi connectivity index (χ1) is 15.5. The standard InChI is InChI=1S/C22H17Cl2N5O2S/c1-31-18-5-3-2-4-17(18)21-27-28-22(29(21)16-9-6-14(23)7-10-16)32-13-20(30)26-19-11-8-15(24)12-25-19/h2-12H,13H2,1H3,(H,25,26,30). The van der Waals surface area contributed by atoms with E-state index in [2.05, 4.69) is 20.5 Å². The van der Waals surface area contributed by atoms with Gasteiger partial charge in [-0.15, -0.1) is 10.2 Å². The summed E-state index contributed by atoms with van der Waals surface area (Å²) < 4.78 is 7.37. The van der Waals surface area contributed by atoms with Gasteiger partial charge in [0.2, 0.25) is 5.91 Å². The first kappa shape index (κ1) is 22.1. The molecule has 0 unspecified atom stereocenters. The van der Waals surface area contributed by atoms with Crippen LogP contribution in [0.15, 0.2) is 72.0 Å². The molecule has 4 rings (SSSR count). The van der Waals surface area contributed by atoms with Crippen LogP contribution in [0, 0.1) is 0 Å². The molecule has 0 radical (unpaired) electrons. The molecule has 7 nitrogen and oxygen atoms in total. The van der Waals surface area contributed by atoms with Gasteiger partial charge in [-0.3, -0.25) is 9.36 Å². The van der Waals surface area contributed by atoms with Gasteiger partial charge in [-0.25, -0.2) is 4.98 Å². The van der Waals surface area contributed by atoms with Gasteiger partial charge in [0.15, 0.2) is 11.0 Å². The summed E-state index contributed by atoms with van der Waals surface area (Å²) in [5.41, 5.74) is 1.58. The molecule has 0 atom stereocenters. The number of thioether (sulfide) groups is 1. The van der Waals surface area contributed by atoms with Gasteiger partial charge in [-0.2, -0.15) is 0 Å². The van der Waals surface area contributed by atoms with Gasteiger partial charge in [-0.1, -0.05) is 47.1 Å². The van der Waals surface area contributed by atoms with E-state index in [0.717, 1.165) is 11.3 Å². The lowest BCUT2D eigenvalue weighted by Gasteiger charge is -2.12. The number of para-hydroxylation sites is 1. The number of carbonyl (C=O) groups is 1. The van der Waals surface area contributed by atoms with E-state index >= 15 is 0 Å². The Bertz CT molecular complexity index is 1230. The number of pyridine rings is 1. The quantitative estimate of drug-likeness (QED) is 0.354. The van der Waals surface area contributed by atoms with Crippen LogP contribution < -0.4 is 10.1 Å². The topological polar surface area (TPSA) is 81.9 Å². The van der Waals surface area contributed by atoms with Crippen LogP contribution >= 0.6 is 35.0 Å². The molecule has 1 N–H and O–H groups in total. The predicted molar refractivity (Wildman–Crippen MR) is 127 cm³/mol. The Balaban J connectivity index is 1.63. The third-order valence-corrected chi connectivity index (χ3v) is 5.80. The lowest BCUT2D eigenvalue weighted by molar-refractivity contribution is -0.113. The van der Waals surface area contributed by atoms with Crippen molar-refractivity contribution in [3.05, 3.63) is 76.9 Å². The Morgan fingerprint density at radius 1 is 1.03 bits per heavy atom. The van der Waals surface area contributed by atoms with Crippen LogP contribution in [-0.2, 0) is 4.79 Å². The smallest absolute Gasteiger partial charge is 0.236 e. The van der Waals surface area contributed by atoms with Gasteiger partial charge in [0.1, 0.15) is 11.6 Å². The van der Waals surface area contributed by atoms with E-state index in [1.807, 2.05) is 41.0 Å². The summed E-state index contributed by atoms with van der Waals surface area (Å²) in [5, 5.41) is 13.1. The number of methoxy groups -OCH3 is 1. The van der Waals surface area contributed by atoms with Crippen molar-refractivity contribution in [1.82, 2.24) is 19.7 Å². The van der Waals surface area contributed by atoms with Crippen molar-refractivity contribution in [3.8, 4) is 22.8 Å². The van der Waals surface area contributed by atoms with E-state index in [0.29, 0.717) is 32.6 Å². The van der Waals surface area contributed by atoms with Gasteiger partial charge in [0.25, 0.3) is 0 Å². The van der Waals surface area contributed by atoms with E-state index in [1.165, 1.54) is 18.0 Å². The van der Waals surface area contributed by atoms with Crippen molar-refractivity contribution in [2.24, 2.45) is 0 Å². The number of aromatic nitrogens is 4. The normalized spacial score (nSPS) is 10.7. The van der Waals surface area contributed by atoms with Crippen molar-refractivity contribution in [1.29, 1.82) is 0 Å². The van der Waals surface area contributed by atoms with E-state index < -0.39 is 0 Å². The van der Waals surface area contributed by atoms with Crippen molar-refractivity contribution >= 4 is 46.7 Å². The fourth-order valence-electron chi connectivity index (χ4n) is 2.95. The molecular weight excluding hydrogens is 469 g/mol. The number of nitrogens with one attached hydrogen (secondary N) is 1. The Morgan fingerprint density at radius 2 is 1.78 bits per heavy atom. The second-order valence-corrected chi connectivity index (χ2v) is 8.33. The second-order valence-electron chi connectivity index (χ2n) is 6.52. The number of nitrogens with zero attached hydrogens (tertiary/aromatic N) is 4. The van der Waals surface area contributed by atoms with Crippen molar-refractivity contribution in [3.63, 3.8) is 0 Å². The molecule has 0 aliphatic rings. The van der Waals surface area contributed by atoms with E-state index in [4.69, 9.17) is 27.9 Å². The lowest BCUT2D eigenvalue weighted by atomic mass is 10.2. The number of rotatable bonds is 7. The molecule has 0 bridgehead atoms. The van der Waals surface area contributed by atoms with Gasteiger partial charge in [0.05, 0.1) is 23.4 Å². The maximum absolute atomic E-state index is 12.4. The average molecular weight is 486 g/mol. The largest absolute Gasteiger partial charge is 0.496 e. The number of amides is 1. The number of hydrogen-bond donors (Lipinski definition) is 1. The summed E-state index contributed by atoms with van der Waals surface area (Å²) in [6.07, 6.45) is 1.47. The molecule has 2 aromatic heterocycles. The zero-order chi connectivity index (χ0) is 22.5. The summed E-state index contributed by atoms with van der Waals surface area (Å²) in [6.45, 7) is 0. The fourth-order valence-corrected chi connectivity index (χ4v) is 3.94. The highest BCUT2D eigenvalue weighted by atomic mass is 35.5. The molecule has 0 saturated carbocycles. The van der Waals surface area contributed by atoms with E-state index in [-0.39, 0.29) is 11.7 Å². The first-order valence-corrected chi connectivity index (χ1v) is 11.2. The Labute approximate surface area is 198 Å². The second kappa shape index (κ2) is 10.0. The number of carbonyl (C=O) groups excluding carboxylic acids is 1. The van der Waals surface area contributed by atoms with Crippen LogP contribution in [0.1, 0.15) is 0 Å². The summed E-state index contributed by atoms with van der Waals surface area (Å²) in [5.74, 6) is 1.57. The molecule has 0 aliphatic heterocycles. The average Bonchev–Trinajstić information content (AvgIpc) is 3.23. The molecule has 2 aromatic carbocycles. The molecule has 0 aliphatic carbocycles. The van der Waals surface area contributed by atoms with Crippen molar-refractivity contribution in [2.75, 3.05) is 18.2 Å². The van der Waals surface area contributed by atoms with Crippen LogP contribution in [0.25, 0.3) is 17.1 Å². The minimum atomic E-state index is -0.227. The number of benzene rings is 2. The van der Waals surface area contributed by atoms with Crippen LogP contribution in [0.2, 0.25) is 10.0 Å². The van der Waals surface area contributed by atoms with Crippen LogP contribution in [0.4, 0.5) is 5.82 Å².